The van der Waals surface area contributed by atoms with Gasteiger partial charge in [-0.2, -0.15) is 10.2 Å². The number of hydrogen-bond donors (Lipinski definition) is 1. The van der Waals surface area contributed by atoms with Gasteiger partial charge in [0, 0.05) is 0 Å². The predicted octanol–water partition coefficient (Wildman–Crippen LogP) is 4.41. The molecule has 0 aliphatic rings. The van der Waals surface area contributed by atoms with E-state index in [1.807, 2.05) is 0 Å². The van der Waals surface area contributed by atoms with Gasteiger partial charge in [-0.3, -0.25) is 4.79 Å². The van der Waals surface area contributed by atoms with Crippen LogP contribution in [0.3, 0.4) is 0 Å². The zero-order valence-corrected chi connectivity index (χ0v) is 10.3. The molecule has 0 aliphatic heterocycles. The maximum Gasteiger partial charge on any atom is 0.153 e. The van der Waals surface area contributed by atoms with E-state index >= 15 is 0 Å². The van der Waals surface area contributed by atoms with E-state index in [0.717, 1.165) is 0 Å². The smallest absolute Gasteiger partial charge is 0.153 e. The highest BCUT2D eigenvalue weighted by molar-refractivity contribution is 6.30. The maximum absolute atomic E-state index is 12.9. The van der Waals surface area contributed by atoms with Gasteiger partial charge < -0.3 is 5.11 Å². The third-order valence-corrected chi connectivity index (χ3v) is 2.61. The topological polar surface area (TPSA) is 62.0 Å². The summed E-state index contributed by atoms with van der Waals surface area (Å²) >= 11 is 5.61. The van der Waals surface area contributed by atoms with Gasteiger partial charge >= 0.3 is 0 Å². The van der Waals surface area contributed by atoms with Crippen LogP contribution >= 0.6 is 11.6 Å². The molecule has 0 saturated heterocycles. The van der Waals surface area contributed by atoms with Gasteiger partial charge in [-0.15, -0.1) is 0 Å². The molecule has 0 radical (unpaired) electrons. The molecule has 96 valence electrons. The number of hydrogen-bond acceptors (Lipinski definition) is 4. The average molecular weight is 279 g/mol. The van der Waals surface area contributed by atoms with E-state index in [9.17, 15) is 14.3 Å². The maximum atomic E-state index is 12.9. The van der Waals surface area contributed by atoms with E-state index < -0.39 is 5.82 Å². The average Bonchev–Trinajstić information content (AvgIpc) is 2.41. The van der Waals surface area contributed by atoms with Crippen LogP contribution in [0.5, 0.6) is 5.75 Å². The molecule has 4 nitrogen and oxygen atoms in total. The standard InChI is InChI=1S/C13H8ClFN2O2/c14-11-6-10(1-3-12(11)15)17-16-9-2-4-13(19)8(5-9)7-18/h1-7,19H. The van der Waals surface area contributed by atoms with E-state index in [0.29, 0.717) is 17.7 Å². The van der Waals surface area contributed by atoms with Crippen molar-refractivity contribution in [1.29, 1.82) is 0 Å². The van der Waals surface area contributed by atoms with Gasteiger partial charge in [0.2, 0.25) is 0 Å². The Balaban J connectivity index is 2.27. The molecule has 0 spiro atoms. The third kappa shape index (κ3) is 3.14. The second-order valence-corrected chi connectivity index (χ2v) is 4.07. The van der Waals surface area contributed by atoms with Crippen LogP contribution in [0.2, 0.25) is 5.02 Å². The molecule has 19 heavy (non-hydrogen) atoms. The van der Waals surface area contributed by atoms with Crippen molar-refractivity contribution in [3.63, 3.8) is 0 Å². The molecule has 2 aromatic rings. The SMILES string of the molecule is O=Cc1cc(N=Nc2ccc(F)c(Cl)c2)ccc1O. The number of azo groups is 1. The number of carbonyl (C=O) groups excluding carboxylic acids is 1. The van der Waals surface area contributed by atoms with E-state index in [2.05, 4.69) is 10.2 Å². The van der Waals surface area contributed by atoms with Crippen molar-refractivity contribution in [3.8, 4) is 5.75 Å². The second-order valence-electron chi connectivity index (χ2n) is 3.66. The first-order valence-electron chi connectivity index (χ1n) is 5.25. The number of phenols is 1. The minimum Gasteiger partial charge on any atom is -0.507 e. The van der Waals surface area contributed by atoms with Gasteiger partial charge in [0.05, 0.1) is 22.0 Å². The summed E-state index contributed by atoms with van der Waals surface area (Å²) in [5.41, 5.74) is 0.890. The molecule has 0 heterocycles. The third-order valence-electron chi connectivity index (χ3n) is 2.32. The number of phenolic OH excluding ortho intramolecular Hbond substituents is 1. The Morgan fingerprint density at radius 3 is 2.37 bits per heavy atom. The molecule has 6 heteroatoms. The number of aldehydes is 1. The van der Waals surface area contributed by atoms with Crippen molar-refractivity contribution in [3.05, 3.63) is 52.8 Å². The highest BCUT2D eigenvalue weighted by Crippen LogP contribution is 2.26. The molecule has 0 amide bonds. The second kappa shape index (κ2) is 5.58. The highest BCUT2D eigenvalue weighted by Gasteiger charge is 2.02. The Bertz CT molecular complexity index is 659. The van der Waals surface area contributed by atoms with Crippen LogP contribution in [0.1, 0.15) is 10.4 Å². The Morgan fingerprint density at radius 1 is 1.11 bits per heavy atom. The lowest BCUT2D eigenvalue weighted by molar-refractivity contribution is 0.112. The molecule has 2 rings (SSSR count). The number of carbonyl (C=O) groups is 1. The molecule has 0 fully saturated rings. The molecule has 2 aromatic carbocycles. The first-order valence-corrected chi connectivity index (χ1v) is 5.63. The molecule has 0 unspecified atom stereocenters. The summed E-state index contributed by atoms with van der Waals surface area (Å²) in [5, 5.41) is 17.0. The van der Waals surface area contributed by atoms with E-state index in [1.165, 1.54) is 36.4 Å². The number of benzene rings is 2. The fourth-order valence-corrected chi connectivity index (χ4v) is 1.54. The molecular weight excluding hydrogens is 271 g/mol. The molecule has 0 aliphatic carbocycles. The fourth-order valence-electron chi connectivity index (χ4n) is 1.36. The van der Waals surface area contributed by atoms with Gasteiger partial charge in [0.1, 0.15) is 11.6 Å². The van der Waals surface area contributed by atoms with Gasteiger partial charge in [0.25, 0.3) is 0 Å². The highest BCUT2D eigenvalue weighted by atomic mass is 35.5. The van der Waals surface area contributed by atoms with E-state index in [1.54, 1.807) is 0 Å². The summed E-state index contributed by atoms with van der Waals surface area (Å²) < 4.78 is 12.9. The first-order chi connectivity index (χ1) is 9.10. The lowest BCUT2D eigenvalue weighted by atomic mass is 10.2. The van der Waals surface area contributed by atoms with E-state index in [-0.39, 0.29) is 16.3 Å². The number of nitrogens with zero attached hydrogens (tertiary/aromatic N) is 2. The minimum absolute atomic E-state index is 0.0456. The quantitative estimate of drug-likeness (QED) is 0.667. The van der Waals surface area contributed by atoms with Crippen molar-refractivity contribution in [2.45, 2.75) is 0 Å². The molecule has 1 N–H and O–H groups in total. The minimum atomic E-state index is -0.534. The van der Waals surface area contributed by atoms with Gasteiger partial charge in [0.15, 0.2) is 6.29 Å². The fraction of sp³-hybridized carbons (Fsp3) is 0. The van der Waals surface area contributed by atoms with Crippen LogP contribution in [0.15, 0.2) is 46.6 Å². The van der Waals surface area contributed by atoms with Crippen LogP contribution in [0.25, 0.3) is 0 Å². The number of halogens is 2. The van der Waals surface area contributed by atoms with Gasteiger partial charge in [-0.25, -0.2) is 4.39 Å². The first kappa shape index (κ1) is 13.2. The lowest BCUT2D eigenvalue weighted by Gasteiger charge is -1.98. The number of rotatable bonds is 3. The van der Waals surface area contributed by atoms with Crippen LogP contribution < -0.4 is 0 Å². The normalized spacial score (nSPS) is 10.8. The molecule has 0 bridgehead atoms. The summed E-state index contributed by atoms with van der Waals surface area (Å²) in [6, 6.07) is 8.17. The summed E-state index contributed by atoms with van der Waals surface area (Å²) in [7, 11) is 0. The Kier molecular flexibility index (Phi) is 3.87. The monoisotopic (exact) mass is 278 g/mol. The summed E-state index contributed by atoms with van der Waals surface area (Å²) in [6.45, 7) is 0. The van der Waals surface area contributed by atoms with Crippen molar-refractivity contribution in [1.82, 2.24) is 0 Å². The molecular formula is C13H8ClFN2O2. The van der Waals surface area contributed by atoms with Crippen LogP contribution in [0, 0.1) is 5.82 Å². The van der Waals surface area contributed by atoms with Crippen molar-refractivity contribution >= 4 is 29.3 Å². The molecule has 0 aromatic heterocycles. The Hall–Kier alpha value is -2.27. The predicted molar refractivity (Wildman–Crippen MR) is 69.1 cm³/mol. The van der Waals surface area contributed by atoms with Gasteiger partial charge in [-0.05, 0) is 36.4 Å². The van der Waals surface area contributed by atoms with Crippen molar-refractivity contribution in [2.75, 3.05) is 0 Å². The Labute approximate surface area is 113 Å². The van der Waals surface area contributed by atoms with Gasteiger partial charge in [-0.1, -0.05) is 11.6 Å². The van der Waals surface area contributed by atoms with Crippen molar-refractivity contribution < 1.29 is 14.3 Å². The number of aromatic hydroxyl groups is 1. The summed E-state index contributed by atoms with van der Waals surface area (Å²) in [6.07, 6.45) is 0.517. The van der Waals surface area contributed by atoms with Crippen LogP contribution in [-0.2, 0) is 0 Å². The van der Waals surface area contributed by atoms with Crippen molar-refractivity contribution in [2.24, 2.45) is 10.2 Å². The zero-order valence-electron chi connectivity index (χ0n) is 9.55. The largest absolute Gasteiger partial charge is 0.507 e. The molecule has 0 atom stereocenters. The van der Waals surface area contributed by atoms with Crippen LogP contribution in [0.4, 0.5) is 15.8 Å². The molecule has 0 saturated carbocycles. The lowest BCUT2D eigenvalue weighted by Crippen LogP contribution is -1.79. The van der Waals surface area contributed by atoms with E-state index in [4.69, 9.17) is 11.6 Å². The summed E-state index contributed by atoms with van der Waals surface area (Å²) in [5.74, 6) is -0.660. The summed E-state index contributed by atoms with van der Waals surface area (Å²) in [4.78, 5) is 10.6. The Morgan fingerprint density at radius 2 is 1.74 bits per heavy atom. The van der Waals surface area contributed by atoms with Crippen LogP contribution in [-0.4, -0.2) is 11.4 Å². The zero-order chi connectivity index (χ0) is 13.8.